The van der Waals surface area contributed by atoms with Crippen molar-refractivity contribution in [2.45, 2.75) is 64.8 Å². The van der Waals surface area contributed by atoms with Crippen molar-refractivity contribution in [1.29, 1.82) is 0 Å². The summed E-state index contributed by atoms with van der Waals surface area (Å²) in [6.07, 6.45) is 3.94. The van der Waals surface area contributed by atoms with E-state index in [1.807, 2.05) is 31.7 Å². The Morgan fingerprint density at radius 2 is 1.96 bits per heavy atom. The van der Waals surface area contributed by atoms with Gasteiger partial charge < -0.3 is 14.4 Å². The second-order valence-electron chi connectivity index (χ2n) is 6.80. The zero-order valence-electron chi connectivity index (χ0n) is 14.4. The number of hydrogen-bond donors (Lipinski definition) is 0. The molecule has 3 rings (SSSR count). The van der Waals surface area contributed by atoms with Gasteiger partial charge in [0, 0.05) is 13.1 Å². The highest BCUT2D eigenvalue weighted by atomic mass is 16.5. The third-order valence-electron chi connectivity index (χ3n) is 4.73. The third-order valence-corrected chi connectivity index (χ3v) is 4.73. The largest absolute Gasteiger partial charge is 0.481 e. The lowest BCUT2D eigenvalue weighted by molar-refractivity contribution is -0.150. The summed E-state index contributed by atoms with van der Waals surface area (Å²) in [7, 11) is 0. The molecule has 0 bridgehead atoms. The Labute approximate surface area is 138 Å². The molecule has 0 aromatic heterocycles. The van der Waals surface area contributed by atoms with Gasteiger partial charge in [0.1, 0.15) is 5.75 Å². The van der Waals surface area contributed by atoms with E-state index in [1.165, 1.54) is 17.5 Å². The van der Waals surface area contributed by atoms with Gasteiger partial charge in [-0.1, -0.05) is 13.0 Å². The topological polar surface area (TPSA) is 38.8 Å². The number of morpholine rings is 1. The lowest BCUT2D eigenvalue weighted by atomic mass is 10.1. The maximum absolute atomic E-state index is 12.8. The molecule has 1 aliphatic heterocycles. The van der Waals surface area contributed by atoms with E-state index in [-0.39, 0.29) is 18.1 Å². The van der Waals surface area contributed by atoms with Crippen molar-refractivity contribution in [3.63, 3.8) is 0 Å². The number of benzene rings is 1. The minimum absolute atomic E-state index is 0.0787. The van der Waals surface area contributed by atoms with Gasteiger partial charge >= 0.3 is 0 Å². The van der Waals surface area contributed by atoms with Crippen LogP contribution in [0, 0.1) is 0 Å². The Kier molecular flexibility index (Phi) is 4.90. The number of amides is 1. The molecule has 2 aliphatic rings. The molecular formula is C19H27NO3. The van der Waals surface area contributed by atoms with E-state index in [9.17, 15) is 4.79 Å². The van der Waals surface area contributed by atoms with Crippen LogP contribution in [0.1, 0.15) is 44.7 Å². The number of rotatable bonds is 4. The summed E-state index contributed by atoms with van der Waals surface area (Å²) >= 11 is 0. The molecule has 1 fully saturated rings. The van der Waals surface area contributed by atoms with E-state index in [1.54, 1.807) is 0 Å². The van der Waals surface area contributed by atoms with Crippen LogP contribution in [0.4, 0.5) is 0 Å². The molecule has 4 heteroatoms. The second kappa shape index (κ2) is 6.91. The molecule has 126 valence electrons. The summed E-state index contributed by atoms with van der Waals surface area (Å²) in [5.74, 6) is 0.898. The summed E-state index contributed by atoms with van der Waals surface area (Å²) in [5, 5.41) is 0. The van der Waals surface area contributed by atoms with Gasteiger partial charge in [-0.05, 0) is 62.8 Å². The van der Waals surface area contributed by atoms with E-state index >= 15 is 0 Å². The van der Waals surface area contributed by atoms with Crippen molar-refractivity contribution in [3.8, 4) is 5.75 Å². The van der Waals surface area contributed by atoms with E-state index in [0.717, 1.165) is 18.6 Å². The first-order valence-electron chi connectivity index (χ1n) is 8.79. The molecule has 1 aliphatic carbocycles. The van der Waals surface area contributed by atoms with Crippen molar-refractivity contribution in [2.75, 3.05) is 13.1 Å². The fraction of sp³-hybridized carbons (Fsp3) is 0.632. The number of ether oxygens (including phenoxy) is 2. The third kappa shape index (κ3) is 3.69. The van der Waals surface area contributed by atoms with Gasteiger partial charge in [0.25, 0.3) is 5.91 Å². The number of fused-ring (bicyclic) bond motifs is 1. The molecule has 1 saturated heterocycles. The van der Waals surface area contributed by atoms with Crippen LogP contribution in [0.3, 0.4) is 0 Å². The zero-order valence-corrected chi connectivity index (χ0v) is 14.4. The summed E-state index contributed by atoms with van der Waals surface area (Å²) in [6.45, 7) is 7.32. The maximum Gasteiger partial charge on any atom is 0.263 e. The van der Waals surface area contributed by atoms with Crippen LogP contribution in [0.2, 0.25) is 0 Å². The van der Waals surface area contributed by atoms with Crippen LogP contribution >= 0.6 is 0 Å². The Bertz CT molecular complexity index is 562. The van der Waals surface area contributed by atoms with Crippen molar-refractivity contribution in [3.05, 3.63) is 29.3 Å². The Morgan fingerprint density at radius 1 is 1.26 bits per heavy atom. The van der Waals surface area contributed by atoms with E-state index in [4.69, 9.17) is 9.47 Å². The van der Waals surface area contributed by atoms with Crippen LogP contribution in [-0.4, -0.2) is 42.2 Å². The number of nitrogens with zero attached hydrogens (tertiary/aromatic N) is 1. The average Bonchev–Trinajstić information content (AvgIpc) is 2.98. The first kappa shape index (κ1) is 16.3. The summed E-state index contributed by atoms with van der Waals surface area (Å²) in [5.41, 5.74) is 2.80. The molecule has 23 heavy (non-hydrogen) atoms. The van der Waals surface area contributed by atoms with Crippen LogP contribution in [0.25, 0.3) is 0 Å². The Hall–Kier alpha value is -1.55. The molecule has 1 aromatic rings. The van der Waals surface area contributed by atoms with Gasteiger partial charge in [0.15, 0.2) is 6.10 Å². The van der Waals surface area contributed by atoms with Gasteiger partial charge in [0.05, 0.1) is 12.2 Å². The molecule has 3 atom stereocenters. The van der Waals surface area contributed by atoms with Crippen molar-refractivity contribution < 1.29 is 14.3 Å². The fourth-order valence-electron chi connectivity index (χ4n) is 3.66. The lowest BCUT2D eigenvalue weighted by Gasteiger charge is -2.37. The monoisotopic (exact) mass is 317 g/mol. The Balaban J connectivity index is 1.68. The normalized spacial score (nSPS) is 25.1. The first-order valence-corrected chi connectivity index (χ1v) is 8.79. The summed E-state index contributed by atoms with van der Waals surface area (Å²) in [4.78, 5) is 14.7. The number of aryl methyl sites for hydroxylation is 2. The number of carbonyl (C=O) groups excluding carboxylic acids is 1. The summed E-state index contributed by atoms with van der Waals surface area (Å²) in [6, 6.07) is 6.27. The molecule has 0 spiro atoms. The highest BCUT2D eigenvalue weighted by Crippen LogP contribution is 2.27. The minimum atomic E-state index is -0.410. The predicted molar refractivity (Wildman–Crippen MR) is 89.8 cm³/mol. The molecule has 4 nitrogen and oxygen atoms in total. The van der Waals surface area contributed by atoms with Crippen LogP contribution in [-0.2, 0) is 22.4 Å². The van der Waals surface area contributed by atoms with Crippen molar-refractivity contribution in [2.24, 2.45) is 0 Å². The lowest BCUT2D eigenvalue weighted by Crippen LogP contribution is -2.52. The molecule has 0 radical (unpaired) electrons. The number of carbonyl (C=O) groups is 1. The predicted octanol–water partition coefficient (Wildman–Crippen LogP) is 2.97. The molecule has 1 aromatic carbocycles. The van der Waals surface area contributed by atoms with E-state index < -0.39 is 6.10 Å². The van der Waals surface area contributed by atoms with Crippen molar-refractivity contribution in [1.82, 2.24) is 4.90 Å². The van der Waals surface area contributed by atoms with Gasteiger partial charge in [-0.2, -0.15) is 0 Å². The van der Waals surface area contributed by atoms with Crippen molar-refractivity contribution >= 4 is 5.91 Å². The quantitative estimate of drug-likeness (QED) is 0.857. The van der Waals surface area contributed by atoms with Crippen LogP contribution < -0.4 is 4.74 Å². The standard InChI is InChI=1S/C19H27NO3/c1-4-18(19(21)20-11-13(2)22-14(3)12-20)23-17-9-8-15-6-5-7-16(15)10-17/h8-10,13-14,18H,4-7,11-12H2,1-3H3/t13-,14-,18-/m1/s1. The zero-order chi connectivity index (χ0) is 16.4. The van der Waals surface area contributed by atoms with E-state index in [2.05, 4.69) is 12.1 Å². The molecule has 1 amide bonds. The molecule has 0 unspecified atom stereocenters. The smallest absolute Gasteiger partial charge is 0.263 e. The Morgan fingerprint density at radius 3 is 2.65 bits per heavy atom. The van der Waals surface area contributed by atoms with Crippen LogP contribution in [0.15, 0.2) is 18.2 Å². The highest BCUT2D eigenvalue weighted by Gasteiger charge is 2.31. The van der Waals surface area contributed by atoms with Gasteiger partial charge in [-0.15, -0.1) is 0 Å². The average molecular weight is 317 g/mol. The highest BCUT2D eigenvalue weighted by molar-refractivity contribution is 5.81. The molecule has 1 heterocycles. The van der Waals surface area contributed by atoms with Gasteiger partial charge in [0.2, 0.25) is 0 Å². The molecular weight excluding hydrogens is 290 g/mol. The van der Waals surface area contributed by atoms with E-state index in [0.29, 0.717) is 19.5 Å². The van der Waals surface area contributed by atoms with Gasteiger partial charge in [-0.3, -0.25) is 4.79 Å². The fourth-order valence-corrected chi connectivity index (χ4v) is 3.66. The van der Waals surface area contributed by atoms with Crippen LogP contribution in [0.5, 0.6) is 5.75 Å². The summed E-state index contributed by atoms with van der Waals surface area (Å²) < 4.78 is 11.8. The number of hydrogen-bond acceptors (Lipinski definition) is 3. The SMILES string of the molecule is CC[C@@H](Oc1ccc2c(c1)CCC2)C(=O)N1C[C@@H](C)O[C@H](C)C1. The minimum Gasteiger partial charge on any atom is -0.481 e. The molecule has 0 N–H and O–H groups in total. The molecule has 0 saturated carbocycles. The second-order valence-corrected chi connectivity index (χ2v) is 6.80. The van der Waals surface area contributed by atoms with Gasteiger partial charge in [-0.25, -0.2) is 0 Å². The maximum atomic E-state index is 12.8. The first-order chi connectivity index (χ1) is 11.1.